The van der Waals surface area contributed by atoms with Crippen LogP contribution in [0.25, 0.3) is 0 Å². The second-order valence-electron chi connectivity index (χ2n) is 3.61. The first-order valence-corrected chi connectivity index (χ1v) is 5.11. The van der Waals surface area contributed by atoms with Crippen LogP contribution in [0.3, 0.4) is 0 Å². The molecule has 0 fully saturated rings. The van der Waals surface area contributed by atoms with E-state index in [9.17, 15) is 9.59 Å². The Labute approximate surface area is 93.5 Å². The summed E-state index contributed by atoms with van der Waals surface area (Å²) in [6.07, 6.45) is 1.44. The second kappa shape index (κ2) is 5.90. The lowest BCUT2D eigenvalue weighted by atomic mass is 10.00. The topological polar surface area (TPSA) is 74.6 Å². The van der Waals surface area contributed by atoms with Crippen LogP contribution in [0, 0.1) is 5.92 Å². The molecule has 0 aliphatic heterocycles. The Kier molecular flexibility index (Phi) is 4.51. The van der Waals surface area contributed by atoms with E-state index >= 15 is 0 Å². The molecule has 0 saturated heterocycles. The highest BCUT2D eigenvalue weighted by atomic mass is 16.4. The van der Waals surface area contributed by atoms with E-state index in [-0.39, 0.29) is 6.42 Å². The molecule has 16 heavy (non-hydrogen) atoms. The lowest BCUT2D eigenvalue weighted by Gasteiger charge is -2.06. The summed E-state index contributed by atoms with van der Waals surface area (Å²) in [7, 11) is 0. The Hall–Kier alpha value is -1.84. The van der Waals surface area contributed by atoms with Gasteiger partial charge in [-0.2, -0.15) is 0 Å². The van der Waals surface area contributed by atoms with Crippen LogP contribution in [0.2, 0.25) is 0 Å². The van der Waals surface area contributed by atoms with Gasteiger partial charge in [0.05, 0.1) is 0 Å². The van der Waals surface area contributed by atoms with Gasteiger partial charge >= 0.3 is 11.9 Å². The second-order valence-corrected chi connectivity index (χ2v) is 3.61. The van der Waals surface area contributed by atoms with Crippen LogP contribution in [0.4, 0.5) is 0 Å². The van der Waals surface area contributed by atoms with Crippen LogP contribution in [-0.4, -0.2) is 22.2 Å². The summed E-state index contributed by atoms with van der Waals surface area (Å²) in [6.45, 7) is 0. The van der Waals surface area contributed by atoms with Crippen molar-refractivity contribution in [2.24, 2.45) is 5.92 Å². The van der Waals surface area contributed by atoms with Crippen LogP contribution in [-0.2, 0) is 16.0 Å². The number of aliphatic carboxylic acids is 2. The first-order chi connectivity index (χ1) is 7.61. The van der Waals surface area contributed by atoms with Crippen molar-refractivity contribution < 1.29 is 19.8 Å². The average molecular weight is 222 g/mol. The maximum absolute atomic E-state index is 10.6. The van der Waals surface area contributed by atoms with Gasteiger partial charge in [-0.25, -0.2) is 0 Å². The highest BCUT2D eigenvalue weighted by molar-refractivity contribution is 5.92. The third-order valence-corrected chi connectivity index (χ3v) is 2.40. The molecule has 4 heteroatoms. The molecule has 0 aliphatic rings. The Morgan fingerprint density at radius 2 is 1.62 bits per heavy atom. The highest BCUT2D eigenvalue weighted by Crippen LogP contribution is 2.11. The number of aryl methyl sites for hydroxylation is 1. The molecule has 0 amide bonds. The number of carbonyl (C=O) groups is 2. The zero-order valence-electron chi connectivity index (χ0n) is 8.80. The monoisotopic (exact) mass is 222 g/mol. The van der Waals surface area contributed by atoms with Crippen molar-refractivity contribution in [3.05, 3.63) is 35.9 Å². The normalized spacial score (nSPS) is 10.3. The van der Waals surface area contributed by atoms with Crippen LogP contribution in [0.15, 0.2) is 30.3 Å². The Balaban J connectivity index is 2.40. The van der Waals surface area contributed by atoms with Crippen LogP contribution in [0.5, 0.6) is 0 Å². The minimum absolute atomic E-state index is 0.166. The molecule has 4 nitrogen and oxygen atoms in total. The van der Waals surface area contributed by atoms with E-state index in [1.54, 1.807) is 0 Å². The number of rotatable bonds is 6. The summed E-state index contributed by atoms with van der Waals surface area (Å²) < 4.78 is 0. The van der Waals surface area contributed by atoms with E-state index in [1.165, 1.54) is 0 Å². The molecule has 0 heterocycles. The summed E-state index contributed by atoms with van der Waals surface area (Å²) in [5, 5.41) is 17.3. The fraction of sp³-hybridized carbons (Fsp3) is 0.333. The largest absolute Gasteiger partial charge is 0.481 e. The zero-order valence-corrected chi connectivity index (χ0v) is 8.80. The molecule has 2 N–H and O–H groups in total. The predicted octanol–water partition coefficient (Wildman–Crippen LogP) is 1.79. The molecule has 1 aromatic carbocycles. The smallest absolute Gasteiger partial charge is 0.317 e. The van der Waals surface area contributed by atoms with Gasteiger partial charge < -0.3 is 10.2 Å². The summed E-state index contributed by atoms with van der Waals surface area (Å²) >= 11 is 0. The molecular weight excluding hydrogens is 208 g/mol. The maximum Gasteiger partial charge on any atom is 0.317 e. The first kappa shape index (κ1) is 12.2. The maximum atomic E-state index is 10.6. The van der Waals surface area contributed by atoms with E-state index in [2.05, 4.69) is 0 Å². The molecule has 0 unspecified atom stereocenters. The lowest BCUT2D eigenvalue weighted by molar-refractivity contribution is -0.154. The van der Waals surface area contributed by atoms with Gasteiger partial charge in [-0.05, 0) is 24.8 Å². The van der Waals surface area contributed by atoms with Crippen molar-refractivity contribution in [2.75, 3.05) is 0 Å². The van der Waals surface area contributed by atoms with Gasteiger partial charge in [-0.3, -0.25) is 9.59 Å². The quantitative estimate of drug-likeness (QED) is 0.719. The SMILES string of the molecule is O=C(O)C(CCCc1ccccc1)C(=O)O. The fourth-order valence-corrected chi connectivity index (χ4v) is 1.51. The molecule has 0 aliphatic carbocycles. The number of benzene rings is 1. The van der Waals surface area contributed by atoms with Crippen molar-refractivity contribution in [3.63, 3.8) is 0 Å². The van der Waals surface area contributed by atoms with Gasteiger partial charge in [0, 0.05) is 0 Å². The summed E-state index contributed by atoms with van der Waals surface area (Å²) in [5.41, 5.74) is 1.09. The molecular formula is C12H14O4. The van der Waals surface area contributed by atoms with Crippen molar-refractivity contribution in [3.8, 4) is 0 Å². The Bertz CT molecular complexity index is 345. The van der Waals surface area contributed by atoms with Crippen molar-refractivity contribution in [2.45, 2.75) is 19.3 Å². The summed E-state index contributed by atoms with van der Waals surface area (Å²) in [4.78, 5) is 21.2. The number of hydrogen-bond donors (Lipinski definition) is 2. The molecule has 0 radical (unpaired) electrons. The molecule has 1 rings (SSSR count). The van der Waals surface area contributed by atoms with E-state index in [1.807, 2.05) is 30.3 Å². The van der Waals surface area contributed by atoms with Gasteiger partial charge in [-0.1, -0.05) is 30.3 Å². The minimum Gasteiger partial charge on any atom is -0.481 e. The lowest BCUT2D eigenvalue weighted by Crippen LogP contribution is -2.23. The van der Waals surface area contributed by atoms with Crippen LogP contribution in [0.1, 0.15) is 18.4 Å². The number of hydrogen-bond acceptors (Lipinski definition) is 2. The first-order valence-electron chi connectivity index (χ1n) is 5.11. The van der Waals surface area contributed by atoms with Gasteiger partial charge in [0.15, 0.2) is 5.92 Å². The van der Waals surface area contributed by atoms with E-state index < -0.39 is 17.9 Å². The van der Waals surface area contributed by atoms with Crippen molar-refractivity contribution >= 4 is 11.9 Å². The van der Waals surface area contributed by atoms with Crippen molar-refractivity contribution in [1.82, 2.24) is 0 Å². The minimum atomic E-state index is -1.29. The van der Waals surface area contributed by atoms with Crippen LogP contribution < -0.4 is 0 Å². The molecule has 86 valence electrons. The van der Waals surface area contributed by atoms with Gasteiger partial charge in [0.2, 0.25) is 0 Å². The van der Waals surface area contributed by atoms with E-state index in [0.29, 0.717) is 12.8 Å². The third-order valence-electron chi connectivity index (χ3n) is 2.40. The Morgan fingerprint density at radius 3 is 2.12 bits per heavy atom. The number of carboxylic acids is 2. The average Bonchev–Trinajstić information content (AvgIpc) is 2.24. The van der Waals surface area contributed by atoms with Gasteiger partial charge in [-0.15, -0.1) is 0 Å². The number of carboxylic acid groups (broad SMARTS) is 2. The molecule has 0 saturated carbocycles. The van der Waals surface area contributed by atoms with Gasteiger partial charge in [0.25, 0.3) is 0 Å². The molecule has 0 bridgehead atoms. The van der Waals surface area contributed by atoms with E-state index in [4.69, 9.17) is 10.2 Å². The predicted molar refractivity (Wildman–Crippen MR) is 58.1 cm³/mol. The van der Waals surface area contributed by atoms with Crippen molar-refractivity contribution in [1.29, 1.82) is 0 Å². The molecule has 0 spiro atoms. The fourth-order valence-electron chi connectivity index (χ4n) is 1.51. The third kappa shape index (κ3) is 3.73. The van der Waals surface area contributed by atoms with Gasteiger partial charge in [0.1, 0.15) is 0 Å². The molecule has 1 aromatic rings. The molecule has 0 aromatic heterocycles. The highest BCUT2D eigenvalue weighted by Gasteiger charge is 2.24. The standard InChI is InChI=1S/C12H14O4/c13-11(14)10(12(15)16)8-4-7-9-5-2-1-3-6-9/h1-3,5-6,10H,4,7-8H2,(H,13,14)(H,15,16). The summed E-state index contributed by atoms with van der Waals surface area (Å²) in [6, 6.07) is 9.59. The summed E-state index contributed by atoms with van der Waals surface area (Å²) in [5.74, 6) is -3.81. The van der Waals surface area contributed by atoms with E-state index in [0.717, 1.165) is 5.56 Å². The van der Waals surface area contributed by atoms with Crippen LogP contribution >= 0.6 is 0 Å². The zero-order chi connectivity index (χ0) is 12.0. The Morgan fingerprint density at radius 1 is 1.06 bits per heavy atom. The molecule has 0 atom stereocenters.